The Morgan fingerprint density at radius 2 is 1.53 bits per heavy atom. The van der Waals surface area contributed by atoms with Gasteiger partial charge < -0.3 is 20.0 Å². The third-order valence-corrected chi connectivity index (χ3v) is 7.71. The molecule has 2 fully saturated rings. The summed E-state index contributed by atoms with van der Waals surface area (Å²) in [6, 6.07) is 9.98. The molecule has 0 unspecified atom stereocenters. The van der Waals surface area contributed by atoms with Crippen LogP contribution in [0.4, 0.5) is 5.69 Å². The minimum atomic E-state index is -0.693. The molecule has 2 heterocycles. The van der Waals surface area contributed by atoms with Crippen molar-refractivity contribution in [3.05, 3.63) is 30.3 Å². The molecule has 1 aromatic rings. The van der Waals surface area contributed by atoms with Crippen molar-refractivity contribution in [2.75, 3.05) is 37.7 Å². The van der Waals surface area contributed by atoms with Crippen LogP contribution < -0.4 is 10.2 Å². The molecule has 7 heteroatoms. The first-order valence-electron chi connectivity index (χ1n) is 14.2. The predicted octanol–water partition coefficient (Wildman–Crippen LogP) is 4.71. The first kappa shape index (κ1) is 28.0. The number of carbonyl (C=O) groups excluding carboxylic acids is 3. The second-order valence-corrected chi connectivity index (χ2v) is 10.4. The van der Waals surface area contributed by atoms with E-state index >= 15 is 0 Å². The fraction of sp³-hybridized carbons (Fsp3) is 0.690. The zero-order valence-electron chi connectivity index (χ0n) is 22.5. The number of piperidine rings is 1. The summed E-state index contributed by atoms with van der Waals surface area (Å²) in [5.74, 6) is 0.114. The number of nitrogens with zero attached hydrogens (tertiary/aromatic N) is 3. The van der Waals surface area contributed by atoms with Gasteiger partial charge in [-0.2, -0.15) is 0 Å². The van der Waals surface area contributed by atoms with E-state index in [1.54, 1.807) is 4.90 Å². The normalized spacial score (nSPS) is 17.2. The van der Waals surface area contributed by atoms with Crippen LogP contribution in [-0.4, -0.2) is 65.9 Å². The van der Waals surface area contributed by atoms with Gasteiger partial charge in [-0.25, -0.2) is 0 Å². The molecule has 2 saturated heterocycles. The highest BCUT2D eigenvalue weighted by atomic mass is 16.2. The molecule has 0 aliphatic carbocycles. The summed E-state index contributed by atoms with van der Waals surface area (Å²) >= 11 is 0. The van der Waals surface area contributed by atoms with E-state index in [2.05, 4.69) is 24.1 Å². The van der Waals surface area contributed by atoms with Gasteiger partial charge in [0.05, 0.1) is 6.67 Å². The highest BCUT2D eigenvalue weighted by molar-refractivity contribution is 5.96. The van der Waals surface area contributed by atoms with E-state index in [1.807, 2.05) is 35.2 Å². The van der Waals surface area contributed by atoms with E-state index in [0.29, 0.717) is 45.6 Å². The Kier molecular flexibility index (Phi) is 11.1. The minimum Gasteiger partial charge on any atom is -0.355 e. The number of benzene rings is 1. The molecular weight excluding hydrogens is 452 g/mol. The molecule has 1 spiro atoms. The third-order valence-electron chi connectivity index (χ3n) is 7.71. The zero-order valence-corrected chi connectivity index (χ0v) is 22.5. The van der Waals surface area contributed by atoms with Crippen LogP contribution in [-0.2, 0) is 14.4 Å². The molecule has 3 rings (SSSR count). The Morgan fingerprint density at radius 3 is 2.19 bits per heavy atom. The highest BCUT2D eigenvalue weighted by Gasteiger charge is 2.54. The number of para-hydroxylation sites is 1. The molecule has 0 atom stereocenters. The first-order chi connectivity index (χ1) is 17.5. The van der Waals surface area contributed by atoms with Crippen LogP contribution in [0.3, 0.4) is 0 Å². The van der Waals surface area contributed by atoms with Crippen LogP contribution in [0, 0.1) is 0 Å². The summed E-state index contributed by atoms with van der Waals surface area (Å²) in [6.45, 7) is 6.60. The van der Waals surface area contributed by atoms with Crippen molar-refractivity contribution in [3.63, 3.8) is 0 Å². The average Bonchev–Trinajstić information content (AvgIpc) is 3.15. The smallest absolute Gasteiger partial charge is 0.250 e. The van der Waals surface area contributed by atoms with Gasteiger partial charge in [0, 0.05) is 31.7 Å². The van der Waals surface area contributed by atoms with E-state index in [0.717, 1.165) is 31.4 Å². The number of amides is 3. The second kappa shape index (κ2) is 14.2. The Balaban J connectivity index is 1.58. The minimum absolute atomic E-state index is 0.0103. The molecule has 1 N–H and O–H groups in total. The van der Waals surface area contributed by atoms with Gasteiger partial charge in [-0.3, -0.25) is 14.4 Å². The Labute approximate surface area is 217 Å². The summed E-state index contributed by atoms with van der Waals surface area (Å²) in [4.78, 5) is 44.9. The number of carbonyl (C=O) groups is 3. The van der Waals surface area contributed by atoms with Gasteiger partial charge in [0.2, 0.25) is 11.8 Å². The Bertz CT molecular complexity index is 836. The molecule has 3 amide bonds. The van der Waals surface area contributed by atoms with Gasteiger partial charge in [0.25, 0.3) is 5.91 Å². The monoisotopic (exact) mass is 498 g/mol. The molecule has 0 radical (unpaired) electrons. The van der Waals surface area contributed by atoms with Gasteiger partial charge in [-0.15, -0.1) is 0 Å². The van der Waals surface area contributed by atoms with Crippen LogP contribution in [0.5, 0.6) is 0 Å². The van der Waals surface area contributed by atoms with Crippen molar-refractivity contribution in [1.82, 2.24) is 15.1 Å². The van der Waals surface area contributed by atoms with Crippen LogP contribution in [0.15, 0.2) is 30.3 Å². The van der Waals surface area contributed by atoms with Gasteiger partial charge in [-0.05, 0) is 37.8 Å². The van der Waals surface area contributed by atoms with Crippen LogP contribution in [0.2, 0.25) is 0 Å². The van der Waals surface area contributed by atoms with Crippen molar-refractivity contribution in [1.29, 1.82) is 0 Å². The summed E-state index contributed by atoms with van der Waals surface area (Å²) in [5, 5.41) is 2.93. The topological polar surface area (TPSA) is 73.0 Å². The number of unbranched alkanes of at least 4 members (excludes halogenated alkanes) is 7. The molecule has 36 heavy (non-hydrogen) atoms. The van der Waals surface area contributed by atoms with Crippen LogP contribution in [0.25, 0.3) is 0 Å². The summed E-state index contributed by atoms with van der Waals surface area (Å²) in [6.07, 6.45) is 12.1. The number of nitrogens with one attached hydrogen (secondary N) is 1. The number of rotatable bonds is 14. The summed E-state index contributed by atoms with van der Waals surface area (Å²) in [5.41, 5.74) is 0.295. The Morgan fingerprint density at radius 1 is 0.889 bits per heavy atom. The van der Waals surface area contributed by atoms with Crippen molar-refractivity contribution in [2.24, 2.45) is 0 Å². The largest absolute Gasteiger partial charge is 0.355 e. The molecule has 7 nitrogen and oxygen atoms in total. The van der Waals surface area contributed by atoms with Gasteiger partial charge in [0.1, 0.15) is 12.1 Å². The summed E-state index contributed by atoms with van der Waals surface area (Å²) in [7, 11) is 0. The van der Waals surface area contributed by atoms with E-state index in [4.69, 9.17) is 0 Å². The zero-order chi connectivity index (χ0) is 25.8. The number of hydrogen-bond donors (Lipinski definition) is 1. The van der Waals surface area contributed by atoms with Crippen LogP contribution in [0.1, 0.15) is 90.9 Å². The quantitative estimate of drug-likeness (QED) is 0.377. The predicted molar refractivity (Wildman–Crippen MR) is 145 cm³/mol. The maximum absolute atomic E-state index is 13.7. The molecule has 0 bridgehead atoms. The van der Waals surface area contributed by atoms with E-state index in [-0.39, 0.29) is 24.3 Å². The molecule has 0 aromatic heterocycles. The molecule has 2 aliphatic rings. The Hall–Kier alpha value is -2.57. The maximum Gasteiger partial charge on any atom is 0.250 e. The highest BCUT2D eigenvalue weighted by Crippen LogP contribution is 2.39. The van der Waals surface area contributed by atoms with Crippen molar-refractivity contribution in [3.8, 4) is 0 Å². The average molecular weight is 499 g/mol. The standard InChI is InChI=1S/C29H46N4O3/c1-3-5-7-8-9-10-14-17-27(35)31-21-18-29(19-22-31)28(36)32(23-26(34)30-20-6-4-2)24-33(29)25-15-12-11-13-16-25/h11-13,15-16H,3-10,14,17-24H2,1-2H3,(H,30,34). The van der Waals surface area contributed by atoms with E-state index in [1.165, 1.54) is 32.1 Å². The van der Waals surface area contributed by atoms with E-state index < -0.39 is 5.54 Å². The number of hydrogen-bond acceptors (Lipinski definition) is 4. The fourth-order valence-electron chi connectivity index (χ4n) is 5.47. The lowest BCUT2D eigenvalue weighted by Crippen LogP contribution is -2.57. The van der Waals surface area contributed by atoms with Gasteiger partial charge >= 0.3 is 0 Å². The SMILES string of the molecule is CCCCCCCCCC(=O)N1CCC2(CC1)C(=O)N(CC(=O)NCCCC)CN2c1ccccc1. The molecule has 1 aromatic carbocycles. The lowest BCUT2D eigenvalue weighted by atomic mass is 9.85. The number of likely N-dealkylation sites (tertiary alicyclic amines) is 1. The van der Waals surface area contributed by atoms with Gasteiger partial charge in [-0.1, -0.05) is 77.0 Å². The summed E-state index contributed by atoms with van der Waals surface area (Å²) < 4.78 is 0. The number of anilines is 1. The molecule has 2 aliphatic heterocycles. The van der Waals surface area contributed by atoms with Crippen molar-refractivity contribution < 1.29 is 14.4 Å². The fourth-order valence-corrected chi connectivity index (χ4v) is 5.47. The molecule has 0 saturated carbocycles. The van der Waals surface area contributed by atoms with Gasteiger partial charge in [0.15, 0.2) is 0 Å². The lowest BCUT2D eigenvalue weighted by molar-refractivity contribution is -0.140. The van der Waals surface area contributed by atoms with E-state index in [9.17, 15) is 14.4 Å². The third kappa shape index (κ3) is 7.23. The first-order valence-corrected chi connectivity index (χ1v) is 14.2. The molecular formula is C29H46N4O3. The second-order valence-electron chi connectivity index (χ2n) is 10.4. The van der Waals surface area contributed by atoms with Crippen molar-refractivity contribution >= 4 is 23.4 Å². The van der Waals surface area contributed by atoms with Crippen molar-refractivity contribution in [2.45, 2.75) is 96.4 Å². The molecule has 200 valence electrons. The van der Waals surface area contributed by atoms with Crippen LogP contribution >= 0.6 is 0 Å². The lowest BCUT2D eigenvalue weighted by Gasteiger charge is -2.43. The maximum atomic E-state index is 13.7.